The Kier molecular flexibility index (Phi) is 22.9. The molecule has 0 spiro atoms. The van der Waals surface area contributed by atoms with Crippen LogP contribution in [0.25, 0.3) is 0 Å². The fourth-order valence-electron chi connectivity index (χ4n) is 10.00. The van der Waals surface area contributed by atoms with E-state index in [0.29, 0.717) is 25.3 Å². The van der Waals surface area contributed by atoms with Gasteiger partial charge in [0, 0.05) is 58.2 Å². The lowest BCUT2D eigenvalue weighted by Gasteiger charge is -2.50. The summed E-state index contributed by atoms with van der Waals surface area (Å²) in [6, 6.07) is -0.281. The van der Waals surface area contributed by atoms with E-state index in [1.54, 1.807) is 42.1 Å². The van der Waals surface area contributed by atoms with Gasteiger partial charge in [0.15, 0.2) is 12.6 Å². The molecule has 0 aromatic heterocycles. The van der Waals surface area contributed by atoms with Gasteiger partial charge in [-0.3, -0.25) is 4.79 Å². The minimum Gasteiger partial charge on any atom is -0.459 e. The number of likely N-dealkylation sites (N-methyl/N-ethyl adjacent to an activating group) is 1. The van der Waals surface area contributed by atoms with Gasteiger partial charge in [-0.1, -0.05) is 32.9 Å². The SMILES string of the molecule is CC[C@H]1OC(=O)[C@H](C)[C@@H](OC2CC(C)(OC)C(OCCCN(C)C)C(C)O2)[C@H](C)[C@@H](OC2OC(C)CC(N(C)C)C2O)[C@](C)(OC)C[C@@H](C)/C(=N\OCOCCOC)[C@H](C)[C@@H](O)[C@]1(C)O. The Morgan fingerprint density at radius 2 is 1.49 bits per heavy atom. The van der Waals surface area contributed by atoms with Gasteiger partial charge in [-0.15, -0.1) is 0 Å². The molecule has 0 aromatic rings. The van der Waals surface area contributed by atoms with Crippen molar-refractivity contribution in [1.29, 1.82) is 0 Å². The van der Waals surface area contributed by atoms with E-state index < -0.39 is 102 Å². The number of carbonyl (C=O) groups excluding carboxylic acids is 1. The predicted molar refractivity (Wildman–Crippen MR) is 244 cm³/mol. The molecule has 0 amide bonds. The standard InChI is InChI=1S/C47H89N3O15/c1-18-35-47(10,54)40(52)30(4)37(48-60-27-58-23-22-55-15)28(2)25-45(8,56-16)41(65-44-38(51)34(50(13)14)24-29(3)61-44)31(5)39(32(6)43(53)63-35)64-36-26-46(9,57-17)42(33(7)62-36)59-21-19-20-49(11)12/h28-36,38-42,44,51-52,54H,18-27H2,1-17H3/b48-37+/t28-,29?,30+,31+,32-,33?,34?,35-,36?,38?,39+,40-,41-,42?,44?,45-,46?,47-/m1/s1. The summed E-state index contributed by atoms with van der Waals surface area (Å²) in [6.45, 7) is 20.1. The summed E-state index contributed by atoms with van der Waals surface area (Å²) in [7, 11) is 12.7. The topological polar surface area (TPSA) is 198 Å². The van der Waals surface area contributed by atoms with Crippen molar-refractivity contribution in [1.82, 2.24) is 9.80 Å². The summed E-state index contributed by atoms with van der Waals surface area (Å²) >= 11 is 0. The van der Waals surface area contributed by atoms with Crippen molar-refractivity contribution in [3.8, 4) is 0 Å². The number of esters is 1. The summed E-state index contributed by atoms with van der Waals surface area (Å²) in [6.07, 6.45) is -6.60. The van der Waals surface area contributed by atoms with E-state index in [9.17, 15) is 20.1 Å². The fourth-order valence-corrected chi connectivity index (χ4v) is 10.00. The summed E-state index contributed by atoms with van der Waals surface area (Å²) in [5.74, 6) is -3.64. The first-order chi connectivity index (χ1) is 30.4. The highest BCUT2D eigenvalue weighted by Crippen LogP contribution is 2.42. The van der Waals surface area contributed by atoms with E-state index >= 15 is 0 Å². The molecule has 3 heterocycles. The second-order valence-corrected chi connectivity index (χ2v) is 19.9. The first kappa shape index (κ1) is 57.7. The van der Waals surface area contributed by atoms with Crippen LogP contribution in [0.15, 0.2) is 5.16 Å². The van der Waals surface area contributed by atoms with Gasteiger partial charge >= 0.3 is 5.97 Å². The molecule has 3 rings (SSSR count). The van der Waals surface area contributed by atoms with E-state index in [1.807, 2.05) is 74.6 Å². The normalized spacial score (nSPS) is 42.3. The number of hydrogen-bond donors (Lipinski definition) is 3. The molecule has 18 nitrogen and oxygen atoms in total. The molecule has 3 aliphatic rings. The van der Waals surface area contributed by atoms with Crippen molar-refractivity contribution < 1.29 is 72.3 Å². The molecule has 18 atom stereocenters. The average molecular weight is 936 g/mol. The average Bonchev–Trinajstić information content (AvgIpc) is 3.24. The highest BCUT2D eigenvalue weighted by molar-refractivity contribution is 5.88. The molecule has 3 aliphatic heterocycles. The third-order valence-corrected chi connectivity index (χ3v) is 14.0. The second kappa shape index (κ2) is 25.8. The van der Waals surface area contributed by atoms with Crippen LogP contribution in [0.2, 0.25) is 0 Å². The van der Waals surface area contributed by atoms with E-state index in [4.69, 9.17) is 52.2 Å². The Morgan fingerprint density at radius 1 is 0.846 bits per heavy atom. The van der Waals surface area contributed by atoms with Gasteiger partial charge in [-0.25, -0.2) is 0 Å². The molecule has 0 radical (unpaired) electrons. The fraction of sp³-hybridized carbons (Fsp3) is 0.957. The molecule has 3 fully saturated rings. The van der Waals surface area contributed by atoms with Crippen molar-refractivity contribution >= 4 is 11.7 Å². The molecule has 0 bridgehead atoms. The summed E-state index contributed by atoms with van der Waals surface area (Å²) in [5.41, 5.74) is -3.57. The summed E-state index contributed by atoms with van der Waals surface area (Å²) in [5, 5.41) is 40.5. The van der Waals surface area contributed by atoms with Gasteiger partial charge < -0.3 is 77.3 Å². The van der Waals surface area contributed by atoms with Gasteiger partial charge in [-0.05, 0) is 102 Å². The first-order valence-electron chi connectivity index (χ1n) is 23.6. The minimum atomic E-state index is -1.93. The quantitative estimate of drug-likeness (QED) is 0.0731. The van der Waals surface area contributed by atoms with Crippen LogP contribution in [0.5, 0.6) is 0 Å². The largest absolute Gasteiger partial charge is 0.459 e. The molecule has 65 heavy (non-hydrogen) atoms. The van der Waals surface area contributed by atoms with Gasteiger partial charge in [0.2, 0.25) is 6.79 Å². The maximum absolute atomic E-state index is 14.6. The first-order valence-corrected chi connectivity index (χ1v) is 23.6. The van der Waals surface area contributed by atoms with Gasteiger partial charge in [-0.2, -0.15) is 0 Å². The molecular formula is C47H89N3O15. The lowest BCUT2D eigenvalue weighted by molar-refractivity contribution is -0.322. The number of cyclic esters (lactones) is 1. The third-order valence-electron chi connectivity index (χ3n) is 14.0. The number of methoxy groups -OCH3 is 3. The Morgan fingerprint density at radius 3 is 2.08 bits per heavy atom. The van der Waals surface area contributed by atoms with E-state index in [2.05, 4.69) is 10.1 Å². The lowest BCUT2D eigenvalue weighted by atomic mass is 9.73. The maximum Gasteiger partial charge on any atom is 0.311 e. The van der Waals surface area contributed by atoms with Crippen LogP contribution in [0, 0.1) is 23.7 Å². The van der Waals surface area contributed by atoms with Crippen LogP contribution in [0.4, 0.5) is 0 Å². The van der Waals surface area contributed by atoms with Gasteiger partial charge in [0.05, 0.1) is 66.6 Å². The van der Waals surface area contributed by atoms with Crippen LogP contribution in [0.3, 0.4) is 0 Å². The Balaban J connectivity index is 2.23. The smallest absolute Gasteiger partial charge is 0.311 e. The molecule has 0 aliphatic carbocycles. The van der Waals surface area contributed by atoms with Crippen molar-refractivity contribution in [2.75, 3.05) is 82.7 Å². The van der Waals surface area contributed by atoms with Crippen LogP contribution in [-0.2, 0) is 57.0 Å². The van der Waals surface area contributed by atoms with Gasteiger partial charge in [0.1, 0.15) is 23.9 Å². The van der Waals surface area contributed by atoms with E-state index in [1.165, 1.54) is 6.92 Å². The molecule has 3 saturated heterocycles. The van der Waals surface area contributed by atoms with Crippen LogP contribution < -0.4 is 0 Å². The second-order valence-electron chi connectivity index (χ2n) is 19.9. The van der Waals surface area contributed by atoms with Crippen molar-refractivity contribution in [2.45, 2.75) is 186 Å². The lowest BCUT2D eigenvalue weighted by Crippen LogP contribution is -2.61. The maximum atomic E-state index is 14.6. The monoisotopic (exact) mass is 936 g/mol. The molecular weight excluding hydrogens is 847 g/mol. The zero-order valence-electron chi connectivity index (χ0n) is 42.8. The number of ether oxygens (including phenoxy) is 10. The van der Waals surface area contributed by atoms with Crippen LogP contribution in [-0.4, -0.2) is 204 Å². The highest BCUT2D eigenvalue weighted by atomic mass is 16.7. The third kappa shape index (κ3) is 14.9. The molecule has 382 valence electrons. The van der Waals surface area contributed by atoms with E-state index in [-0.39, 0.29) is 44.8 Å². The van der Waals surface area contributed by atoms with E-state index in [0.717, 1.165) is 13.0 Å². The molecule has 3 N–H and O–H groups in total. The van der Waals surface area contributed by atoms with Crippen LogP contribution >= 0.6 is 0 Å². The molecule has 0 saturated carbocycles. The zero-order chi connectivity index (χ0) is 49.0. The Bertz CT molecular complexity index is 1440. The number of rotatable bonds is 19. The zero-order valence-corrected chi connectivity index (χ0v) is 42.8. The van der Waals surface area contributed by atoms with Gasteiger partial charge in [0.25, 0.3) is 0 Å². The number of hydrogen-bond acceptors (Lipinski definition) is 18. The molecule has 0 aromatic carbocycles. The minimum absolute atomic E-state index is 0.184. The summed E-state index contributed by atoms with van der Waals surface area (Å²) < 4.78 is 63.0. The Hall–Kier alpha value is -1.62. The number of oxime groups is 1. The number of carbonyl (C=O) groups is 1. The van der Waals surface area contributed by atoms with Crippen molar-refractivity contribution in [2.24, 2.45) is 28.8 Å². The molecule has 8 unspecified atom stereocenters. The summed E-state index contributed by atoms with van der Waals surface area (Å²) in [4.78, 5) is 24.4. The van der Waals surface area contributed by atoms with Crippen molar-refractivity contribution in [3.05, 3.63) is 0 Å². The Labute approximate surface area is 390 Å². The van der Waals surface area contributed by atoms with Crippen LogP contribution in [0.1, 0.15) is 101 Å². The number of aliphatic hydroxyl groups is 3. The van der Waals surface area contributed by atoms with Crippen molar-refractivity contribution in [3.63, 3.8) is 0 Å². The number of nitrogens with zero attached hydrogens (tertiary/aromatic N) is 3. The predicted octanol–water partition coefficient (Wildman–Crippen LogP) is 3.84. The number of aliphatic hydroxyl groups excluding tert-OH is 2. The highest BCUT2D eigenvalue weighted by Gasteiger charge is 2.54. The molecule has 18 heteroatoms.